The molecule has 0 aliphatic rings. The molecule has 0 fully saturated rings. The van der Waals surface area contributed by atoms with Crippen LogP contribution in [0.2, 0.25) is 0 Å². The van der Waals surface area contributed by atoms with Gasteiger partial charge in [-0.25, -0.2) is 9.59 Å². The second-order valence-corrected chi connectivity index (χ2v) is 12.8. The van der Waals surface area contributed by atoms with Crippen LogP contribution in [0.5, 0.6) is 0 Å². The van der Waals surface area contributed by atoms with Crippen molar-refractivity contribution in [2.24, 2.45) is 0 Å². The quantitative estimate of drug-likeness (QED) is 0.176. The van der Waals surface area contributed by atoms with E-state index >= 15 is 0 Å². The Morgan fingerprint density at radius 3 is 1.16 bits per heavy atom. The highest BCUT2D eigenvalue weighted by Crippen LogP contribution is 2.24. The molecule has 6 heteroatoms. The topological polar surface area (TPSA) is 71.1 Å². The van der Waals surface area contributed by atoms with Gasteiger partial charge >= 0.3 is 11.9 Å². The summed E-state index contributed by atoms with van der Waals surface area (Å²) in [5, 5.41) is 0. The average Bonchev–Trinajstić information content (AvgIpc) is 2.80. The average molecular weight is 535 g/mol. The smallest absolute Gasteiger partial charge is 0.338 e. The summed E-state index contributed by atoms with van der Waals surface area (Å²) in [7, 11) is 0. The molecule has 0 unspecified atom stereocenters. The number of esters is 2. The maximum absolute atomic E-state index is 12.7. The van der Waals surface area contributed by atoms with E-state index in [1.807, 2.05) is 27.7 Å². The molecule has 1 aromatic carbocycles. The Balaban J connectivity index is 2.59. The largest absolute Gasteiger partial charge is 0.456 e. The van der Waals surface area contributed by atoms with Crippen LogP contribution in [-0.4, -0.2) is 47.6 Å². The fourth-order valence-corrected chi connectivity index (χ4v) is 3.96. The van der Waals surface area contributed by atoms with E-state index in [1.165, 1.54) is 0 Å². The molecule has 0 spiro atoms. The second-order valence-electron chi connectivity index (χ2n) is 12.8. The van der Waals surface area contributed by atoms with E-state index < -0.39 is 23.1 Å². The third-order valence-electron chi connectivity index (χ3n) is 6.75. The molecule has 0 atom stereocenters. The number of hydrogen-bond donors (Lipinski definition) is 0. The number of benzene rings is 1. The first-order valence-corrected chi connectivity index (χ1v) is 14.4. The van der Waals surface area contributed by atoms with Gasteiger partial charge in [-0.2, -0.15) is 0 Å². The van der Waals surface area contributed by atoms with Crippen molar-refractivity contribution in [3.05, 3.63) is 35.4 Å². The maximum atomic E-state index is 12.7. The van der Waals surface area contributed by atoms with Gasteiger partial charge in [0.1, 0.15) is 11.2 Å². The third kappa shape index (κ3) is 13.7. The van der Waals surface area contributed by atoms with Gasteiger partial charge in [0.15, 0.2) is 0 Å². The Kier molecular flexibility index (Phi) is 13.5. The van der Waals surface area contributed by atoms with E-state index in [0.717, 1.165) is 38.5 Å². The highest BCUT2D eigenvalue weighted by Gasteiger charge is 2.28. The summed E-state index contributed by atoms with van der Waals surface area (Å²) in [5.74, 6) is -0.855. The SMILES string of the molecule is CCCCC(C)(C)OCCC(C)(C)OC(=O)c1ccc(C(=O)OC(C)(C)CCOC(C)(C)CCCC)cc1. The van der Waals surface area contributed by atoms with Crippen LogP contribution in [0.3, 0.4) is 0 Å². The predicted octanol–water partition coefficient (Wildman–Crippen LogP) is 8.31. The van der Waals surface area contributed by atoms with Crippen molar-refractivity contribution in [1.29, 1.82) is 0 Å². The van der Waals surface area contributed by atoms with E-state index in [0.29, 0.717) is 37.2 Å². The molecular weight excluding hydrogens is 480 g/mol. The molecule has 0 heterocycles. The van der Waals surface area contributed by atoms with Crippen LogP contribution in [0.1, 0.15) is 141 Å². The van der Waals surface area contributed by atoms with Gasteiger partial charge in [-0.3, -0.25) is 0 Å². The minimum absolute atomic E-state index is 0.187. The van der Waals surface area contributed by atoms with Crippen LogP contribution in [-0.2, 0) is 18.9 Å². The molecule has 6 nitrogen and oxygen atoms in total. The number of rotatable bonds is 18. The zero-order valence-corrected chi connectivity index (χ0v) is 25.8. The van der Waals surface area contributed by atoms with Crippen molar-refractivity contribution in [1.82, 2.24) is 0 Å². The van der Waals surface area contributed by atoms with Crippen LogP contribution < -0.4 is 0 Å². The van der Waals surface area contributed by atoms with Gasteiger partial charge in [-0.1, -0.05) is 39.5 Å². The lowest BCUT2D eigenvalue weighted by molar-refractivity contribution is -0.0597. The summed E-state index contributed by atoms with van der Waals surface area (Å²) in [4.78, 5) is 25.5. The standard InChI is InChI=1S/C32H54O6/c1-11-13-19-29(3,4)35-23-21-31(7,8)37-27(33)25-15-17-26(18-16-25)28(34)38-32(9,10)22-24-36-30(5,6)20-14-12-2/h15-18H,11-14,19-24H2,1-10H3. The Hall–Kier alpha value is -1.92. The van der Waals surface area contributed by atoms with Crippen LogP contribution >= 0.6 is 0 Å². The number of ether oxygens (including phenoxy) is 4. The van der Waals surface area contributed by atoms with Gasteiger partial charge in [-0.15, -0.1) is 0 Å². The minimum atomic E-state index is -0.674. The van der Waals surface area contributed by atoms with Crippen molar-refractivity contribution < 1.29 is 28.5 Å². The Morgan fingerprint density at radius 1 is 0.553 bits per heavy atom. The zero-order valence-electron chi connectivity index (χ0n) is 25.8. The lowest BCUT2D eigenvalue weighted by atomic mass is 10.0. The summed E-state index contributed by atoms with van der Waals surface area (Å²) in [6.07, 6.45) is 7.70. The van der Waals surface area contributed by atoms with E-state index in [2.05, 4.69) is 41.5 Å². The fourth-order valence-electron chi connectivity index (χ4n) is 3.96. The van der Waals surface area contributed by atoms with Crippen LogP contribution in [0.4, 0.5) is 0 Å². The molecule has 218 valence electrons. The molecule has 38 heavy (non-hydrogen) atoms. The number of unbranched alkanes of at least 4 members (excludes halogenated alkanes) is 2. The van der Waals surface area contributed by atoms with Crippen molar-refractivity contribution in [3.8, 4) is 0 Å². The molecule has 0 amide bonds. The lowest BCUT2D eigenvalue weighted by Gasteiger charge is -2.30. The van der Waals surface area contributed by atoms with Gasteiger partial charge in [-0.05, 0) is 92.5 Å². The second kappa shape index (κ2) is 15.0. The van der Waals surface area contributed by atoms with E-state index in [4.69, 9.17) is 18.9 Å². The minimum Gasteiger partial charge on any atom is -0.456 e. The normalized spacial score (nSPS) is 12.9. The summed E-state index contributed by atoms with van der Waals surface area (Å²) in [6.45, 7) is 21.3. The monoisotopic (exact) mass is 534 g/mol. The zero-order chi connectivity index (χ0) is 29.0. The molecular formula is C32H54O6. The first kappa shape index (κ1) is 34.1. The van der Waals surface area contributed by atoms with Gasteiger partial charge in [0.05, 0.1) is 35.5 Å². The molecule has 0 saturated heterocycles. The number of carbonyl (C=O) groups excluding carboxylic acids is 2. The Bertz CT molecular complexity index is 780. The number of hydrogen-bond acceptors (Lipinski definition) is 6. The highest BCUT2D eigenvalue weighted by atomic mass is 16.6. The van der Waals surface area contributed by atoms with Gasteiger partial charge < -0.3 is 18.9 Å². The molecule has 0 bridgehead atoms. The Labute approximate surface area is 232 Å². The molecule has 0 saturated carbocycles. The van der Waals surface area contributed by atoms with Crippen LogP contribution in [0.25, 0.3) is 0 Å². The first-order chi connectivity index (χ1) is 17.5. The first-order valence-electron chi connectivity index (χ1n) is 14.4. The van der Waals surface area contributed by atoms with Crippen LogP contribution in [0.15, 0.2) is 24.3 Å². The van der Waals surface area contributed by atoms with Crippen molar-refractivity contribution in [3.63, 3.8) is 0 Å². The molecule has 0 N–H and O–H groups in total. The van der Waals surface area contributed by atoms with E-state index in [-0.39, 0.29) is 11.2 Å². The van der Waals surface area contributed by atoms with Crippen LogP contribution in [0, 0.1) is 0 Å². The molecule has 0 radical (unpaired) electrons. The molecule has 1 rings (SSSR count). The highest BCUT2D eigenvalue weighted by molar-refractivity contribution is 5.93. The lowest BCUT2D eigenvalue weighted by Crippen LogP contribution is -2.33. The summed E-state index contributed by atoms with van der Waals surface area (Å²) >= 11 is 0. The number of carbonyl (C=O) groups is 2. The molecule has 0 aliphatic carbocycles. The van der Waals surface area contributed by atoms with E-state index in [1.54, 1.807) is 24.3 Å². The van der Waals surface area contributed by atoms with Gasteiger partial charge in [0.25, 0.3) is 0 Å². The van der Waals surface area contributed by atoms with Crippen molar-refractivity contribution >= 4 is 11.9 Å². The maximum Gasteiger partial charge on any atom is 0.338 e. The third-order valence-corrected chi connectivity index (χ3v) is 6.75. The summed E-state index contributed by atoms with van der Waals surface area (Å²) < 4.78 is 23.6. The summed E-state index contributed by atoms with van der Waals surface area (Å²) in [5.41, 5.74) is -0.943. The van der Waals surface area contributed by atoms with Gasteiger partial charge in [0, 0.05) is 12.8 Å². The molecule has 0 aliphatic heterocycles. The molecule has 0 aromatic heterocycles. The Morgan fingerprint density at radius 2 is 0.868 bits per heavy atom. The van der Waals surface area contributed by atoms with Crippen molar-refractivity contribution in [2.75, 3.05) is 13.2 Å². The van der Waals surface area contributed by atoms with Crippen molar-refractivity contribution in [2.45, 2.75) is 143 Å². The van der Waals surface area contributed by atoms with Gasteiger partial charge in [0.2, 0.25) is 0 Å². The fraction of sp³-hybridized carbons (Fsp3) is 0.750. The summed E-state index contributed by atoms with van der Waals surface area (Å²) in [6, 6.07) is 6.41. The predicted molar refractivity (Wildman–Crippen MR) is 154 cm³/mol. The van der Waals surface area contributed by atoms with E-state index in [9.17, 15) is 9.59 Å². The molecule has 1 aromatic rings.